The van der Waals surface area contributed by atoms with Gasteiger partial charge in [0.15, 0.2) is 11.6 Å². The number of hydrogen-bond donors (Lipinski definition) is 1. The Morgan fingerprint density at radius 1 is 1.00 bits per heavy atom. The Morgan fingerprint density at radius 2 is 1.71 bits per heavy atom. The van der Waals surface area contributed by atoms with E-state index in [4.69, 9.17) is 0 Å². The van der Waals surface area contributed by atoms with Gasteiger partial charge in [-0.2, -0.15) is 31.4 Å². The molecular formula is C24H26F6N8. The van der Waals surface area contributed by atoms with Crippen LogP contribution in [0, 0.1) is 0 Å². The maximum absolute atomic E-state index is 13.9. The molecule has 1 N–H and O–H groups in total. The number of halogens is 6. The number of rotatable bonds is 9. The molecule has 3 heterocycles. The summed E-state index contributed by atoms with van der Waals surface area (Å²) < 4.78 is 85.3. The lowest BCUT2D eigenvalue weighted by Crippen LogP contribution is -2.14. The second-order valence-corrected chi connectivity index (χ2v) is 9.00. The second-order valence-electron chi connectivity index (χ2n) is 9.00. The number of aromatic amines is 1. The van der Waals surface area contributed by atoms with E-state index in [0.717, 1.165) is 37.3 Å². The van der Waals surface area contributed by atoms with Crippen molar-refractivity contribution in [2.45, 2.75) is 71.3 Å². The molecule has 4 aromatic rings. The molecule has 0 saturated heterocycles. The van der Waals surface area contributed by atoms with Crippen LogP contribution in [0.2, 0.25) is 0 Å². The van der Waals surface area contributed by atoms with Gasteiger partial charge < -0.3 is 4.57 Å². The van der Waals surface area contributed by atoms with Gasteiger partial charge in [-0.05, 0) is 47.0 Å². The number of hydrogen-bond acceptors (Lipinski definition) is 5. The summed E-state index contributed by atoms with van der Waals surface area (Å²) in [5.41, 5.74) is -3.27. The zero-order valence-corrected chi connectivity index (χ0v) is 20.9. The number of alkyl halides is 6. The average Bonchev–Trinajstić information content (AvgIpc) is 3.60. The number of nitrogens with one attached hydrogen (secondary N) is 1. The van der Waals surface area contributed by atoms with Crippen LogP contribution >= 0.6 is 0 Å². The number of H-pyrrole nitrogens is 1. The SMILES string of the molecule is CCCCc1nc(C(C)CC)nn1Cc1ccc(-n2c(C(F)(F)F)cc(C(F)(F)F)c2-c2nnn[nH]2)cc1. The van der Waals surface area contributed by atoms with Crippen molar-refractivity contribution >= 4 is 0 Å². The first-order valence-electron chi connectivity index (χ1n) is 12.1. The third-order valence-corrected chi connectivity index (χ3v) is 6.26. The molecule has 0 aliphatic heterocycles. The number of aryl methyl sites for hydroxylation is 1. The smallest absolute Gasteiger partial charge is 0.302 e. The van der Waals surface area contributed by atoms with Gasteiger partial charge >= 0.3 is 12.4 Å². The highest BCUT2D eigenvalue weighted by atomic mass is 19.4. The van der Waals surface area contributed by atoms with E-state index in [0.29, 0.717) is 16.7 Å². The molecule has 8 nitrogen and oxygen atoms in total. The fraction of sp³-hybridized carbons (Fsp3) is 0.458. The molecule has 0 saturated carbocycles. The van der Waals surface area contributed by atoms with Gasteiger partial charge in [-0.3, -0.25) is 0 Å². The molecule has 38 heavy (non-hydrogen) atoms. The molecule has 0 spiro atoms. The molecule has 1 unspecified atom stereocenters. The summed E-state index contributed by atoms with van der Waals surface area (Å²) in [6.07, 6.45) is -6.67. The Labute approximate surface area is 214 Å². The van der Waals surface area contributed by atoms with Crippen LogP contribution in [-0.2, 0) is 25.3 Å². The maximum atomic E-state index is 13.9. The molecule has 0 aliphatic rings. The minimum atomic E-state index is -5.08. The predicted octanol–water partition coefficient (Wildman–Crippen LogP) is 6.19. The third kappa shape index (κ3) is 5.58. The Balaban J connectivity index is 1.76. The van der Waals surface area contributed by atoms with Crippen molar-refractivity contribution in [1.29, 1.82) is 0 Å². The van der Waals surface area contributed by atoms with E-state index in [1.165, 1.54) is 12.1 Å². The summed E-state index contributed by atoms with van der Waals surface area (Å²) in [6.45, 7) is 6.45. The molecule has 0 fully saturated rings. The molecule has 0 bridgehead atoms. The zero-order valence-electron chi connectivity index (χ0n) is 20.9. The van der Waals surface area contributed by atoms with Crippen LogP contribution in [0.3, 0.4) is 0 Å². The standard InChI is InChI=1S/C24H26F6N8/c1-4-6-7-19-31-21(14(3)5-2)34-37(19)13-15-8-10-16(11-9-15)38-18(24(28,29)30)12-17(23(25,26)27)20(38)22-32-35-36-33-22/h8-12,14H,4-7,13H2,1-3H3,(H,32,33,35,36). The average molecular weight is 541 g/mol. The quantitative estimate of drug-likeness (QED) is 0.256. The zero-order chi connectivity index (χ0) is 27.7. The summed E-state index contributed by atoms with van der Waals surface area (Å²) in [6, 6.07) is 5.84. The van der Waals surface area contributed by atoms with Crippen LogP contribution in [0.15, 0.2) is 30.3 Å². The van der Waals surface area contributed by atoms with Gasteiger partial charge in [0.25, 0.3) is 0 Å². The Morgan fingerprint density at radius 3 is 2.26 bits per heavy atom. The van der Waals surface area contributed by atoms with Gasteiger partial charge in [-0.25, -0.2) is 14.8 Å². The van der Waals surface area contributed by atoms with E-state index in [2.05, 4.69) is 37.6 Å². The van der Waals surface area contributed by atoms with Crippen molar-refractivity contribution in [3.63, 3.8) is 0 Å². The summed E-state index contributed by atoms with van der Waals surface area (Å²) in [5, 5.41) is 16.7. The van der Waals surface area contributed by atoms with Crippen LogP contribution in [0.1, 0.15) is 74.4 Å². The first-order valence-corrected chi connectivity index (χ1v) is 12.1. The van der Waals surface area contributed by atoms with Gasteiger partial charge in [0.1, 0.15) is 17.2 Å². The Kier molecular flexibility index (Phi) is 7.61. The molecule has 14 heteroatoms. The third-order valence-electron chi connectivity index (χ3n) is 6.26. The van der Waals surface area contributed by atoms with Gasteiger partial charge in [0, 0.05) is 18.0 Å². The van der Waals surface area contributed by atoms with Gasteiger partial charge in [0.2, 0.25) is 0 Å². The van der Waals surface area contributed by atoms with E-state index in [-0.39, 0.29) is 17.7 Å². The van der Waals surface area contributed by atoms with Gasteiger partial charge in [0.05, 0.1) is 12.1 Å². The van der Waals surface area contributed by atoms with Crippen molar-refractivity contribution < 1.29 is 26.3 Å². The summed E-state index contributed by atoms with van der Waals surface area (Å²) in [7, 11) is 0. The first-order chi connectivity index (χ1) is 17.9. The lowest BCUT2D eigenvalue weighted by molar-refractivity contribution is -0.143. The van der Waals surface area contributed by atoms with Crippen LogP contribution < -0.4 is 0 Å². The Hall–Kier alpha value is -3.71. The highest BCUT2D eigenvalue weighted by Crippen LogP contribution is 2.44. The van der Waals surface area contributed by atoms with Crippen LogP contribution in [0.4, 0.5) is 26.3 Å². The molecule has 0 aliphatic carbocycles. The minimum absolute atomic E-state index is 0.0671. The molecular weight excluding hydrogens is 514 g/mol. The normalized spacial score (nSPS) is 13.3. The van der Waals surface area contributed by atoms with E-state index in [1.807, 2.05) is 13.8 Å². The molecule has 3 aromatic heterocycles. The molecule has 4 rings (SSSR count). The van der Waals surface area contributed by atoms with E-state index in [9.17, 15) is 26.3 Å². The Bertz CT molecular complexity index is 1350. The lowest BCUT2D eigenvalue weighted by atomic mass is 10.1. The summed E-state index contributed by atoms with van der Waals surface area (Å²) in [5.74, 6) is 1.16. The summed E-state index contributed by atoms with van der Waals surface area (Å²) in [4.78, 5) is 4.68. The number of aromatic nitrogens is 8. The number of unbranched alkanes of at least 4 members (excludes halogenated alkanes) is 1. The number of benzene rings is 1. The van der Waals surface area contributed by atoms with Crippen LogP contribution in [0.25, 0.3) is 17.2 Å². The van der Waals surface area contributed by atoms with Crippen molar-refractivity contribution in [2.75, 3.05) is 0 Å². The van der Waals surface area contributed by atoms with Crippen LogP contribution in [0.5, 0.6) is 0 Å². The minimum Gasteiger partial charge on any atom is -0.302 e. The van der Waals surface area contributed by atoms with E-state index < -0.39 is 35.1 Å². The summed E-state index contributed by atoms with van der Waals surface area (Å²) >= 11 is 0. The second kappa shape index (κ2) is 10.6. The highest BCUT2D eigenvalue weighted by molar-refractivity contribution is 5.63. The number of nitrogens with zero attached hydrogens (tertiary/aromatic N) is 7. The highest BCUT2D eigenvalue weighted by Gasteiger charge is 2.44. The van der Waals surface area contributed by atoms with Crippen molar-refractivity contribution in [1.82, 2.24) is 40.0 Å². The van der Waals surface area contributed by atoms with Gasteiger partial charge in [-0.15, -0.1) is 5.10 Å². The lowest BCUT2D eigenvalue weighted by Gasteiger charge is -2.16. The molecule has 1 aromatic carbocycles. The molecule has 0 radical (unpaired) electrons. The van der Waals surface area contributed by atoms with Gasteiger partial charge in [-0.1, -0.05) is 39.3 Å². The molecule has 0 amide bonds. The first kappa shape index (κ1) is 27.3. The van der Waals surface area contributed by atoms with Crippen molar-refractivity contribution in [2.24, 2.45) is 0 Å². The van der Waals surface area contributed by atoms with Crippen LogP contribution in [-0.4, -0.2) is 40.0 Å². The van der Waals surface area contributed by atoms with E-state index in [1.54, 1.807) is 16.8 Å². The number of tetrazole rings is 1. The largest absolute Gasteiger partial charge is 0.431 e. The fourth-order valence-electron chi connectivity index (χ4n) is 4.05. The maximum Gasteiger partial charge on any atom is 0.431 e. The van der Waals surface area contributed by atoms with E-state index >= 15 is 0 Å². The van der Waals surface area contributed by atoms with Crippen molar-refractivity contribution in [3.8, 4) is 17.2 Å². The molecule has 1 atom stereocenters. The van der Waals surface area contributed by atoms with Crippen molar-refractivity contribution in [3.05, 3.63) is 58.8 Å². The monoisotopic (exact) mass is 540 g/mol. The predicted molar refractivity (Wildman–Crippen MR) is 125 cm³/mol. The fourth-order valence-corrected chi connectivity index (χ4v) is 4.05. The topological polar surface area (TPSA) is 90.1 Å². The molecule has 204 valence electrons.